The summed E-state index contributed by atoms with van der Waals surface area (Å²) < 4.78 is 37.2. The number of rotatable bonds is 2. The molecule has 1 N–H and O–H groups in total. The van der Waals surface area contributed by atoms with Gasteiger partial charge in [0, 0.05) is 18.9 Å². The van der Waals surface area contributed by atoms with Gasteiger partial charge in [-0.25, -0.2) is 4.79 Å². The average molecular weight is 245 g/mol. The summed E-state index contributed by atoms with van der Waals surface area (Å²) in [4.78, 5) is 16.3. The van der Waals surface area contributed by atoms with Crippen LogP contribution in [-0.4, -0.2) is 34.7 Å². The van der Waals surface area contributed by atoms with E-state index in [-0.39, 0.29) is 13.1 Å². The van der Waals surface area contributed by atoms with Crippen molar-refractivity contribution >= 4 is 6.03 Å². The van der Waals surface area contributed by atoms with Crippen LogP contribution >= 0.6 is 0 Å². The summed E-state index contributed by atoms with van der Waals surface area (Å²) in [6.45, 7) is -0.203. The van der Waals surface area contributed by atoms with Crippen LogP contribution in [0.2, 0.25) is 0 Å². The van der Waals surface area contributed by atoms with E-state index in [9.17, 15) is 18.0 Å². The predicted molar refractivity (Wildman–Crippen MR) is 53.0 cm³/mol. The Morgan fingerprint density at radius 2 is 2.06 bits per heavy atom. The Bertz CT molecular complexity index is 407. The van der Waals surface area contributed by atoms with Gasteiger partial charge in [-0.2, -0.15) is 13.2 Å². The highest BCUT2D eigenvalue weighted by Gasteiger charge is 2.46. The van der Waals surface area contributed by atoms with Crippen molar-refractivity contribution in [2.24, 2.45) is 0 Å². The molecule has 0 unspecified atom stereocenters. The molecule has 4 nitrogen and oxygen atoms in total. The SMILES string of the molecule is O=C1N[C@H](C(F)(F)F)CN1Cc1ccncc1. The predicted octanol–water partition coefficient (Wildman–Crippen LogP) is 1.54. The molecule has 7 heteroatoms. The number of hydrogen-bond acceptors (Lipinski definition) is 2. The Hall–Kier alpha value is -1.79. The van der Waals surface area contributed by atoms with Gasteiger partial charge in [0.2, 0.25) is 0 Å². The number of halogens is 3. The van der Waals surface area contributed by atoms with E-state index >= 15 is 0 Å². The summed E-state index contributed by atoms with van der Waals surface area (Å²) in [6, 6.07) is 0.850. The maximum absolute atomic E-state index is 12.4. The molecule has 92 valence electrons. The third-order valence-corrected chi connectivity index (χ3v) is 2.51. The van der Waals surface area contributed by atoms with Gasteiger partial charge in [-0.3, -0.25) is 4.98 Å². The van der Waals surface area contributed by atoms with Gasteiger partial charge in [0.1, 0.15) is 6.04 Å². The van der Waals surface area contributed by atoms with Crippen molar-refractivity contribution in [2.75, 3.05) is 6.54 Å². The smallest absolute Gasteiger partial charge is 0.324 e. The van der Waals surface area contributed by atoms with Crippen LogP contribution in [0.15, 0.2) is 24.5 Å². The molecule has 17 heavy (non-hydrogen) atoms. The van der Waals surface area contributed by atoms with Crippen molar-refractivity contribution in [3.63, 3.8) is 0 Å². The number of nitrogens with zero attached hydrogens (tertiary/aromatic N) is 2. The number of nitrogens with one attached hydrogen (secondary N) is 1. The summed E-state index contributed by atoms with van der Waals surface area (Å²) in [7, 11) is 0. The lowest BCUT2D eigenvalue weighted by Crippen LogP contribution is -2.40. The highest BCUT2D eigenvalue weighted by atomic mass is 19.4. The minimum Gasteiger partial charge on any atom is -0.324 e. The normalized spacial score (nSPS) is 20.5. The molecule has 0 aromatic carbocycles. The molecule has 1 fully saturated rings. The van der Waals surface area contributed by atoms with E-state index in [1.807, 2.05) is 5.32 Å². The summed E-state index contributed by atoms with van der Waals surface area (Å²) in [5, 5.41) is 1.91. The summed E-state index contributed by atoms with van der Waals surface area (Å²) >= 11 is 0. The Morgan fingerprint density at radius 1 is 1.41 bits per heavy atom. The maximum Gasteiger partial charge on any atom is 0.410 e. The number of pyridine rings is 1. The first kappa shape index (κ1) is 11.7. The van der Waals surface area contributed by atoms with Crippen molar-refractivity contribution in [2.45, 2.75) is 18.8 Å². The number of urea groups is 1. The number of carbonyl (C=O) groups excluding carboxylic acids is 1. The van der Waals surface area contributed by atoms with Gasteiger partial charge in [0.15, 0.2) is 0 Å². The van der Waals surface area contributed by atoms with Crippen LogP contribution in [0.5, 0.6) is 0 Å². The maximum atomic E-state index is 12.4. The van der Waals surface area contributed by atoms with Crippen LogP contribution in [0.25, 0.3) is 0 Å². The molecule has 0 spiro atoms. The van der Waals surface area contributed by atoms with Crippen molar-refractivity contribution in [1.82, 2.24) is 15.2 Å². The number of alkyl halides is 3. The molecule has 2 heterocycles. The topological polar surface area (TPSA) is 45.2 Å². The number of amides is 2. The molecular formula is C10H10F3N3O. The van der Waals surface area contributed by atoms with E-state index in [1.165, 1.54) is 12.4 Å². The van der Waals surface area contributed by atoms with Crippen LogP contribution in [0.3, 0.4) is 0 Å². The summed E-state index contributed by atoms with van der Waals surface area (Å²) in [5.74, 6) is 0. The van der Waals surface area contributed by atoms with Gasteiger partial charge >= 0.3 is 12.2 Å². The molecule has 0 aliphatic carbocycles. The van der Waals surface area contributed by atoms with E-state index in [0.717, 1.165) is 10.5 Å². The molecule has 1 aliphatic rings. The first-order valence-electron chi connectivity index (χ1n) is 4.98. The van der Waals surface area contributed by atoms with E-state index < -0.39 is 18.2 Å². The monoisotopic (exact) mass is 245 g/mol. The van der Waals surface area contributed by atoms with Crippen molar-refractivity contribution in [1.29, 1.82) is 0 Å². The molecule has 1 aromatic heterocycles. The quantitative estimate of drug-likeness (QED) is 0.859. The van der Waals surface area contributed by atoms with Gasteiger partial charge in [-0.15, -0.1) is 0 Å². The van der Waals surface area contributed by atoms with E-state index in [2.05, 4.69) is 4.98 Å². The van der Waals surface area contributed by atoms with Crippen LogP contribution in [0, 0.1) is 0 Å². The van der Waals surface area contributed by atoms with Gasteiger partial charge in [-0.1, -0.05) is 0 Å². The second-order valence-corrected chi connectivity index (χ2v) is 3.78. The number of aromatic nitrogens is 1. The first-order valence-corrected chi connectivity index (χ1v) is 4.98. The van der Waals surface area contributed by atoms with Gasteiger partial charge in [0.05, 0.1) is 6.54 Å². The standard InChI is InChI=1S/C10H10F3N3O/c11-10(12,13)8-6-16(9(17)15-8)5-7-1-3-14-4-2-7/h1-4,8H,5-6H2,(H,15,17)/t8-/m0/s1. The third kappa shape index (κ3) is 2.66. The molecule has 2 rings (SSSR count). The molecule has 1 saturated heterocycles. The van der Waals surface area contributed by atoms with E-state index in [4.69, 9.17) is 0 Å². The highest BCUT2D eigenvalue weighted by Crippen LogP contribution is 2.24. The zero-order chi connectivity index (χ0) is 12.5. The Kier molecular flexibility index (Phi) is 2.91. The summed E-state index contributed by atoms with van der Waals surface area (Å²) in [6.07, 6.45) is -1.34. The third-order valence-electron chi connectivity index (χ3n) is 2.51. The fourth-order valence-electron chi connectivity index (χ4n) is 1.62. The van der Waals surface area contributed by atoms with Crippen LogP contribution in [0.4, 0.5) is 18.0 Å². The zero-order valence-corrected chi connectivity index (χ0v) is 8.74. The fourth-order valence-corrected chi connectivity index (χ4v) is 1.62. The van der Waals surface area contributed by atoms with Crippen LogP contribution in [0.1, 0.15) is 5.56 Å². The average Bonchev–Trinajstić information content (AvgIpc) is 2.62. The van der Waals surface area contributed by atoms with Crippen molar-refractivity contribution < 1.29 is 18.0 Å². The lowest BCUT2D eigenvalue weighted by Gasteiger charge is -2.15. The minimum absolute atomic E-state index is 0.154. The zero-order valence-electron chi connectivity index (χ0n) is 8.74. The number of hydrogen-bond donors (Lipinski definition) is 1. The molecule has 0 bridgehead atoms. The number of carbonyl (C=O) groups is 1. The second kappa shape index (κ2) is 4.23. The molecule has 1 aliphatic heterocycles. The molecule has 0 saturated carbocycles. The van der Waals surface area contributed by atoms with Gasteiger partial charge in [-0.05, 0) is 17.7 Å². The minimum atomic E-state index is -4.40. The molecule has 1 atom stereocenters. The second-order valence-electron chi connectivity index (χ2n) is 3.78. The first-order chi connectivity index (χ1) is 7.97. The Morgan fingerprint density at radius 3 is 2.59 bits per heavy atom. The van der Waals surface area contributed by atoms with Crippen molar-refractivity contribution in [3.05, 3.63) is 30.1 Å². The van der Waals surface area contributed by atoms with Crippen LogP contribution in [-0.2, 0) is 6.54 Å². The Balaban J connectivity index is 2.02. The molecule has 1 aromatic rings. The van der Waals surface area contributed by atoms with E-state index in [1.54, 1.807) is 12.1 Å². The molecular weight excluding hydrogens is 235 g/mol. The highest BCUT2D eigenvalue weighted by molar-refractivity contribution is 5.77. The Labute approximate surface area is 95.4 Å². The van der Waals surface area contributed by atoms with Gasteiger partial charge in [0.25, 0.3) is 0 Å². The molecule has 0 radical (unpaired) electrons. The molecule has 2 amide bonds. The van der Waals surface area contributed by atoms with Gasteiger partial charge < -0.3 is 10.2 Å². The fraction of sp³-hybridized carbons (Fsp3) is 0.400. The lowest BCUT2D eigenvalue weighted by atomic mass is 10.2. The van der Waals surface area contributed by atoms with E-state index in [0.29, 0.717) is 0 Å². The largest absolute Gasteiger partial charge is 0.410 e. The lowest BCUT2D eigenvalue weighted by molar-refractivity contribution is -0.149. The summed E-state index contributed by atoms with van der Waals surface area (Å²) in [5.41, 5.74) is 0.748. The van der Waals surface area contributed by atoms with Crippen LogP contribution < -0.4 is 5.32 Å². The van der Waals surface area contributed by atoms with Crippen molar-refractivity contribution in [3.8, 4) is 0 Å².